The molecule has 0 bridgehead atoms. The lowest BCUT2D eigenvalue weighted by Crippen LogP contribution is -2.24. The Hall–Kier alpha value is -2.81. The summed E-state index contributed by atoms with van der Waals surface area (Å²) < 4.78 is 8.21. The highest BCUT2D eigenvalue weighted by Gasteiger charge is 2.19. The van der Waals surface area contributed by atoms with Crippen LogP contribution in [0, 0.1) is 11.3 Å². The molecule has 20 heavy (non-hydrogen) atoms. The van der Waals surface area contributed by atoms with Gasteiger partial charge in [0.1, 0.15) is 11.6 Å². The molecule has 6 nitrogen and oxygen atoms in total. The van der Waals surface area contributed by atoms with E-state index in [9.17, 15) is 4.79 Å². The number of furan rings is 1. The quantitative estimate of drug-likeness (QED) is 0.709. The van der Waals surface area contributed by atoms with Crippen molar-refractivity contribution in [2.45, 2.75) is 13.3 Å². The standard InChI is InChI=1S/C14H12N4O2/c1-3-11-12(9-4-5-20-8-9)17(2)13-10(6-15)7-16-18(13)14(11)19/h4-5,7-8H,3H2,1-2H3. The minimum Gasteiger partial charge on any atom is -0.472 e. The van der Waals surface area contributed by atoms with E-state index in [1.807, 2.05) is 18.5 Å². The highest BCUT2D eigenvalue weighted by atomic mass is 16.3. The van der Waals surface area contributed by atoms with Crippen molar-refractivity contribution in [1.29, 1.82) is 5.26 Å². The van der Waals surface area contributed by atoms with Crippen molar-refractivity contribution in [2.75, 3.05) is 0 Å². The molecule has 3 aromatic heterocycles. The molecule has 0 aliphatic heterocycles. The average molecular weight is 268 g/mol. The van der Waals surface area contributed by atoms with Crippen molar-refractivity contribution in [2.24, 2.45) is 7.05 Å². The zero-order valence-corrected chi connectivity index (χ0v) is 11.1. The van der Waals surface area contributed by atoms with Crippen LogP contribution in [0.2, 0.25) is 0 Å². The molecule has 0 fully saturated rings. The van der Waals surface area contributed by atoms with Gasteiger partial charge in [0.15, 0.2) is 5.65 Å². The van der Waals surface area contributed by atoms with Gasteiger partial charge in [0.2, 0.25) is 0 Å². The molecule has 6 heteroatoms. The summed E-state index contributed by atoms with van der Waals surface area (Å²) in [6, 6.07) is 3.86. The molecule has 100 valence electrons. The maximum Gasteiger partial charge on any atom is 0.278 e. The van der Waals surface area contributed by atoms with E-state index in [1.54, 1.807) is 18.6 Å². The topological polar surface area (TPSA) is 76.2 Å². The van der Waals surface area contributed by atoms with Crippen LogP contribution in [-0.4, -0.2) is 14.2 Å². The van der Waals surface area contributed by atoms with Gasteiger partial charge in [-0.05, 0) is 12.5 Å². The Labute approximate surface area is 114 Å². The predicted octanol–water partition coefficient (Wildman–Crippen LogP) is 1.73. The second-order valence-electron chi connectivity index (χ2n) is 4.46. The summed E-state index contributed by atoms with van der Waals surface area (Å²) in [6.07, 6.45) is 5.14. The molecule has 0 saturated heterocycles. The minimum atomic E-state index is -0.196. The van der Waals surface area contributed by atoms with Crippen LogP contribution in [0.1, 0.15) is 18.1 Å². The number of fused-ring (bicyclic) bond motifs is 1. The summed E-state index contributed by atoms with van der Waals surface area (Å²) in [5.74, 6) is 0. The van der Waals surface area contributed by atoms with E-state index in [-0.39, 0.29) is 5.56 Å². The van der Waals surface area contributed by atoms with Gasteiger partial charge in [0.25, 0.3) is 5.56 Å². The van der Waals surface area contributed by atoms with Crippen molar-refractivity contribution in [3.05, 3.63) is 46.3 Å². The number of nitrogens with zero attached hydrogens (tertiary/aromatic N) is 4. The Kier molecular flexibility index (Phi) is 2.68. The minimum absolute atomic E-state index is 0.196. The van der Waals surface area contributed by atoms with Crippen LogP contribution in [0.3, 0.4) is 0 Å². The van der Waals surface area contributed by atoms with Gasteiger partial charge >= 0.3 is 0 Å². The van der Waals surface area contributed by atoms with Gasteiger partial charge in [0.05, 0.1) is 24.4 Å². The van der Waals surface area contributed by atoms with E-state index in [0.717, 1.165) is 11.3 Å². The number of aryl methyl sites for hydroxylation is 1. The van der Waals surface area contributed by atoms with Gasteiger partial charge in [-0.15, -0.1) is 0 Å². The Morgan fingerprint density at radius 2 is 2.30 bits per heavy atom. The molecule has 3 rings (SSSR count). The van der Waals surface area contributed by atoms with Crippen LogP contribution in [0.15, 0.2) is 34.0 Å². The fraction of sp³-hybridized carbons (Fsp3) is 0.214. The Morgan fingerprint density at radius 1 is 1.50 bits per heavy atom. The van der Waals surface area contributed by atoms with E-state index in [4.69, 9.17) is 9.68 Å². The number of hydrogen-bond acceptors (Lipinski definition) is 4. The third-order valence-electron chi connectivity index (χ3n) is 3.40. The normalized spacial score (nSPS) is 10.8. The second-order valence-corrected chi connectivity index (χ2v) is 4.46. The summed E-state index contributed by atoms with van der Waals surface area (Å²) >= 11 is 0. The van der Waals surface area contributed by atoms with Crippen LogP contribution in [0.5, 0.6) is 0 Å². The summed E-state index contributed by atoms with van der Waals surface area (Å²) in [7, 11) is 1.82. The first-order chi connectivity index (χ1) is 9.69. The third-order valence-corrected chi connectivity index (χ3v) is 3.40. The van der Waals surface area contributed by atoms with Crippen molar-refractivity contribution < 1.29 is 4.42 Å². The molecule has 0 unspecified atom stereocenters. The summed E-state index contributed by atoms with van der Waals surface area (Å²) in [5.41, 5.74) is 2.89. The van der Waals surface area contributed by atoms with Crippen molar-refractivity contribution in [3.8, 4) is 17.3 Å². The van der Waals surface area contributed by atoms with Gasteiger partial charge in [-0.1, -0.05) is 6.92 Å². The zero-order valence-electron chi connectivity index (χ0n) is 11.1. The lowest BCUT2D eigenvalue weighted by atomic mass is 10.1. The fourth-order valence-electron chi connectivity index (χ4n) is 2.52. The molecular formula is C14H12N4O2. The molecule has 3 heterocycles. The molecule has 0 amide bonds. The van der Waals surface area contributed by atoms with E-state index in [1.165, 1.54) is 10.7 Å². The molecule has 0 N–H and O–H groups in total. The van der Waals surface area contributed by atoms with Crippen LogP contribution in [0.25, 0.3) is 16.9 Å². The smallest absolute Gasteiger partial charge is 0.278 e. The first-order valence-electron chi connectivity index (χ1n) is 6.21. The van der Waals surface area contributed by atoms with E-state index in [2.05, 4.69) is 11.2 Å². The predicted molar refractivity (Wildman–Crippen MR) is 72.2 cm³/mol. The third kappa shape index (κ3) is 1.50. The van der Waals surface area contributed by atoms with Crippen LogP contribution < -0.4 is 5.56 Å². The molecule has 3 aromatic rings. The maximum atomic E-state index is 12.5. The van der Waals surface area contributed by atoms with Crippen LogP contribution >= 0.6 is 0 Å². The van der Waals surface area contributed by atoms with Gasteiger partial charge in [0, 0.05) is 18.2 Å². The monoisotopic (exact) mass is 268 g/mol. The lowest BCUT2D eigenvalue weighted by Gasteiger charge is -2.13. The lowest BCUT2D eigenvalue weighted by molar-refractivity contribution is 0.567. The van der Waals surface area contributed by atoms with E-state index in [0.29, 0.717) is 23.2 Å². The highest BCUT2D eigenvalue weighted by Crippen LogP contribution is 2.24. The van der Waals surface area contributed by atoms with Gasteiger partial charge < -0.3 is 8.98 Å². The molecule has 0 aliphatic rings. The number of nitriles is 1. The molecule has 0 saturated carbocycles. The first kappa shape index (κ1) is 12.2. The largest absolute Gasteiger partial charge is 0.472 e. The molecule has 0 spiro atoms. The van der Waals surface area contributed by atoms with Gasteiger partial charge in [-0.25, -0.2) is 0 Å². The van der Waals surface area contributed by atoms with Crippen LogP contribution in [-0.2, 0) is 13.5 Å². The van der Waals surface area contributed by atoms with E-state index >= 15 is 0 Å². The molecule has 0 atom stereocenters. The van der Waals surface area contributed by atoms with Gasteiger partial charge in [-0.3, -0.25) is 4.79 Å². The highest BCUT2D eigenvalue weighted by molar-refractivity contribution is 5.68. The summed E-state index contributed by atoms with van der Waals surface area (Å²) in [6.45, 7) is 1.92. The zero-order chi connectivity index (χ0) is 14.3. The fourth-order valence-corrected chi connectivity index (χ4v) is 2.52. The SMILES string of the molecule is CCc1c(-c2ccoc2)n(C)c2c(C#N)cnn2c1=O. The summed E-state index contributed by atoms with van der Waals surface area (Å²) in [4.78, 5) is 12.5. The molecule has 0 radical (unpaired) electrons. The Bertz CT molecular complexity index is 879. The molecule has 0 aliphatic carbocycles. The number of rotatable bonds is 2. The maximum absolute atomic E-state index is 12.5. The number of hydrogen-bond donors (Lipinski definition) is 0. The van der Waals surface area contributed by atoms with Crippen LogP contribution in [0.4, 0.5) is 0 Å². The van der Waals surface area contributed by atoms with Crippen molar-refractivity contribution in [3.63, 3.8) is 0 Å². The molecular weight excluding hydrogens is 256 g/mol. The van der Waals surface area contributed by atoms with Crippen molar-refractivity contribution in [1.82, 2.24) is 14.2 Å². The Morgan fingerprint density at radius 3 is 2.90 bits per heavy atom. The summed E-state index contributed by atoms with van der Waals surface area (Å²) in [5, 5.41) is 13.2. The molecule has 0 aromatic carbocycles. The second kappa shape index (κ2) is 4.38. The first-order valence-corrected chi connectivity index (χ1v) is 6.21. The van der Waals surface area contributed by atoms with Gasteiger partial charge in [-0.2, -0.15) is 14.9 Å². The van der Waals surface area contributed by atoms with Crippen molar-refractivity contribution >= 4 is 5.65 Å². The Balaban J connectivity index is 2.54. The van der Waals surface area contributed by atoms with E-state index < -0.39 is 0 Å². The average Bonchev–Trinajstić information content (AvgIpc) is 3.10. The number of aromatic nitrogens is 3.